The summed E-state index contributed by atoms with van der Waals surface area (Å²) >= 11 is 30.5. The summed E-state index contributed by atoms with van der Waals surface area (Å²) in [6.07, 6.45) is 9.26. The van der Waals surface area contributed by atoms with Crippen LogP contribution in [0.2, 0.25) is 20.1 Å². The number of amides is 1. The van der Waals surface area contributed by atoms with Gasteiger partial charge in [-0.15, -0.1) is 12.4 Å². The predicted molar refractivity (Wildman–Crippen MR) is 277 cm³/mol. The van der Waals surface area contributed by atoms with Crippen molar-refractivity contribution < 1.29 is 9.59 Å². The molecule has 10 nitrogen and oxygen atoms in total. The molecule has 2 aromatic heterocycles. The maximum absolute atomic E-state index is 11.8. The summed E-state index contributed by atoms with van der Waals surface area (Å²) in [4.78, 5) is 47.8. The van der Waals surface area contributed by atoms with Crippen LogP contribution < -0.4 is 9.80 Å². The Morgan fingerprint density at radius 3 is 1.37 bits per heavy atom. The Bertz CT molecular complexity index is 2540. The lowest BCUT2D eigenvalue weighted by molar-refractivity contribution is -0.126. The van der Waals surface area contributed by atoms with Crippen molar-refractivity contribution in [1.29, 1.82) is 0 Å². The molecule has 1 amide bonds. The van der Waals surface area contributed by atoms with Gasteiger partial charge in [-0.1, -0.05) is 117 Å². The summed E-state index contributed by atoms with van der Waals surface area (Å²) in [5, 5.41) is 3.99. The minimum Gasteiger partial charge on any atom is -0.356 e. The quantitative estimate of drug-likeness (QED) is 0.104. The fourth-order valence-corrected chi connectivity index (χ4v) is 8.44. The fourth-order valence-electron chi connectivity index (χ4n) is 7.45. The van der Waals surface area contributed by atoms with E-state index in [1.54, 1.807) is 17.6 Å². The lowest BCUT2D eigenvalue weighted by Gasteiger charge is -2.35. The molecule has 0 spiro atoms. The second-order valence-electron chi connectivity index (χ2n) is 14.7. The monoisotopic (exact) mass is 996 g/mol. The molecule has 0 aliphatic carbocycles. The number of piperidine rings is 1. The van der Waals surface area contributed by atoms with Crippen molar-refractivity contribution in [2.75, 3.05) is 68.7 Å². The van der Waals surface area contributed by atoms with Crippen LogP contribution in [0.4, 0.5) is 11.6 Å². The van der Waals surface area contributed by atoms with Gasteiger partial charge in [-0.2, -0.15) is 0 Å². The molecule has 0 radical (unpaired) electrons. The van der Waals surface area contributed by atoms with Crippen molar-refractivity contribution in [2.24, 2.45) is 0 Å². The average Bonchev–Trinajstić information content (AvgIpc) is 3.32. The van der Waals surface area contributed by atoms with Gasteiger partial charge >= 0.3 is 0 Å². The third kappa shape index (κ3) is 14.2. The van der Waals surface area contributed by atoms with Crippen molar-refractivity contribution in [3.8, 4) is 22.3 Å². The number of halogens is 6. The summed E-state index contributed by atoms with van der Waals surface area (Å²) in [6, 6.07) is 23.2. The summed E-state index contributed by atoms with van der Waals surface area (Å²) in [5.74, 6) is 1.78. The number of benzene rings is 4. The Hall–Kier alpha value is -4.52. The van der Waals surface area contributed by atoms with Crippen molar-refractivity contribution in [3.63, 3.8) is 0 Å². The van der Waals surface area contributed by atoms with Gasteiger partial charge in [-0.25, -0.2) is 19.9 Å². The Morgan fingerprint density at radius 1 is 0.585 bits per heavy atom. The van der Waals surface area contributed by atoms with E-state index in [2.05, 4.69) is 74.6 Å². The first-order valence-corrected chi connectivity index (χ1v) is 23.2. The van der Waals surface area contributed by atoms with E-state index >= 15 is 0 Å². The highest BCUT2D eigenvalue weighted by Crippen LogP contribution is 2.39. The molecule has 2 saturated heterocycles. The first kappa shape index (κ1) is 53.1. The number of hydrogen-bond donors (Lipinski definition) is 0. The van der Waals surface area contributed by atoms with Crippen LogP contribution in [0.25, 0.3) is 44.1 Å². The third-order valence-corrected chi connectivity index (χ3v) is 12.4. The minimum atomic E-state index is -0.509. The number of anilines is 2. The highest BCUT2D eigenvalue weighted by atomic mass is 35.5. The van der Waals surface area contributed by atoms with E-state index < -0.39 is 5.24 Å². The van der Waals surface area contributed by atoms with E-state index in [9.17, 15) is 9.59 Å². The molecule has 8 rings (SSSR count). The van der Waals surface area contributed by atoms with Gasteiger partial charge in [0, 0.05) is 82.3 Å². The second kappa shape index (κ2) is 26.6. The van der Waals surface area contributed by atoms with Gasteiger partial charge in [0.2, 0.25) is 11.1 Å². The minimum absolute atomic E-state index is 0. The first-order valence-electron chi connectivity index (χ1n) is 21.3. The van der Waals surface area contributed by atoms with Crippen LogP contribution in [0.5, 0.6) is 0 Å². The Labute approximate surface area is 413 Å². The number of rotatable bonds is 9. The number of nitrogens with zero attached hydrogens (tertiary/aromatic N) is 8. The smallest absolute Gasteiger partial charge is 0.246 e. The topological polar surface area (TPSA) is 98.7 Å². The van der Waals surface area contributed by atoms with E-state index in [1.807, 2.05) is 66.7 Å². The Balaban J connectivity index is 0.000000227. The van der Waals surface area contributed by atoms with E-state index in [-0.39, 0.29) is 18.3 Å². The zero-order chi connectivity index (χ0) is 46.2. The molecule has 2 aliphatic heterocycles. The number of fused-ring (bicyclic) bond motifs is 2. The van der Waals surface area contributed by atoms with Crippen LogP contribution in [0, 0.1) is 0 Å². The summed E-state index contributed by atoms with van der Waals surface area (Å²) in [5.41, 5.74) is 5.20. The molecule has 0 saturated carbocycles. The van der Waals surface area contributed by atoms with Crippen molar-refractivity contribution in [3.05, 3.63) is 131 Å². The van der Waals surface area contributed by atoms with Crippen molar-refractivity contribution in [1.82, 2.24) is 29.7 Å². The summed E-state index contributed by atoms with van der Waals surface area (Å²) in [6.45, 7) is 21.5. The maximum atomic E-state index is 11.8. The Kier molecular flexibility index (Phi) is 21.7. The zero-order valence-electron chi connectivity index (χ0n) is 36.8. The molecule has 344 valence electrons. The second-order valence-corrected chi connectivity index (χ2v) is 16.7. The van der Waals surface area contributed by atoms with Crippen LogP contribution in [0.15, 0.2) is 111 Å². The fraction of sp³-hybridized carbons (Fsp3) is 0.306. The maximum Gasteiger partial charge on any atom is 0.246 e. The van der Waals surface area contributed by atoms with Gasteiger partial charge in [-0.05, 0) is 99.0 Å². The van der Waals surface area contributed by atoms with E-state index in [1.165, 1.54) is 45.0 Å². The van der Waals surface area contributed by atoms with Gasteiger partial charge in [0.25, 0.3) is 0 Å². The number of allylic oxidation sites excluding steroid dienone is 1. The van der Waals surface area contributed by atoms with Gasteiger partial charge in [0.1, 0.15) is 24.3 Å². The van der Waals surface area contributed by atoms with Gasteiger partial charge < -0.3 is 19.6 Å². The van der Waals surface area contributed by atoms with Gasteiger partial charge in [0.05, 0.1) is 21.1 Å². The lowest BCUT2D eigenvalue weighted by atomic mass is 10.0. The van der Waals surface area contributed by atoms with Crippen LogP contribution in [0.1, 0.15) is 40.0 Å². The van der Waals surface area contributed by atoms with Crippen LogP contribution in [-0.4, -0.2) is 99.8 Å². The molecular formula is C49H54Cl6N8O2. The highest BCUT2D eigenvalue weighted by Gasteiger charge is 2.23. The largest absolute Gasteiger partial charge is 0.356 e. The molecule has 16 heteroatoms. The zero-order valence-corrected chi connectivity index (χ0v) is 41.4. The van der Waals surface area contributed by atoms with Crippen molar-refractivity contribution >= 4 is 115 Å². The molecule has 0 bridgehead atoms. The molecule has 2 aliphatic rings. The molecule has 4 aromatic carbocycles. The first-order chi connectivity index (χ1) is 30.9. The van der Waals surface area contributed by atoms with Crippen LogP contribution in [0.3, 0.4) is 0 Å². The molecule has 65 heavy (non-hydrogen) atoms. The number of hydrogen-bond acceptors (Lipinski definition) is 9. The summed E-state index contributed by atoms with van der Waals surface area (Å²) in [7, 11) is 0. The third-order valence-electron chi connectivity index (χ3n) is 11.0. The normalized spacial score (nSPS) is 13.3. The standard InChI is InChI=1S/C21H18Cl2N4O.C19H17Cl2N3.C6H15N.C3H3ClO.ClH/c1-2-20(28)26-7-9-27(10-8-26)21-16-11-15(14-5-3-4-6-17(14)22)18(23)12-19(16)24-13-25-21;20-16-7-3-2-6-13(16)14-10-15-18(11-17(14)21)22-12-23-19(15)24-8-4-1-5-9-24;1-4-7(5-2)6-3;1-2-3(4)5;/h2-6,11-13H,1,7-10H2;2-3,6-7,10-12H,1,4-5,8-9H2;4-6H2,1-3H3;2H,1H2;1H. The van der Waals surface area contributed by atoms with Crippen LogP contribution in [-0.2, 0) is 9.59 Å². The van der Waals surface area contributed by atoms with E-state index in [0.717, 1.165) is 74.9 Å². The molecular weight excluding hydrogens is 945 g/mol. The SMILES string of the molecule is C=CC(=O)Cl.C=CC(=O)N1CCN(c2ncnc3cc(Cl)c(-c4ccccc4Cl)cc23)CC1.CCN(CC)CC.Cl.Clc1ccccc1-c1cc2c(N3CCCCC3)ncnc2cc1Cl. The average molecular weight is 1000 g/mol. The lowest BCUT2D eigenvalue weighted by Crippen LogP contribution is -2.48. The van der Waals surface area contributed by atoms with E-state index in [4.69, 9.17) is 58.0 Å². The Morgan fingerprint density at radius 2 is 1.00 bits per heavy atom. The molecule has 0 unspecified atom stereocenters. The predicted octanol–water partition coefficient (Wildman–Crippen LogP) is 12.7. The summed E-state index contributed by atoms with van der Waals surface area (Å²) < 4.78 is 0. The van der Waals surface area contributed by atoms with Gasteiger partial charge in [0.15, 0.2) is 0 Å². The number of piperazine rings is 1. The van der Waals surface area contributed by atoms with E-state index in [0.29, 0.717) is 46.3 Å². The van der Waals surface area contributed by atoms with Crippen LogP contribution >= 0.6 is 70.4 Å². The molecule has 0 N–H and O–H groups in total. The molecule has 0 atom stereocenters. The van der Waals surface area contributed by atoms with Crippen molar-refractivity contribution in [2.45, 2.75) is 40.0 Å². The number of aromatic nitrogens is 4. The van der Waals surface area contributed by atoms with Gasteiger partial charge in [-0.3, -0.25) is 9.59 Å². The number of carbonyl (C=O) groups is 2. The molecule has 6 aromatic rings. The number of carbonyl (C=O) groups excluding carboxylic acids is 2. The molecule has 4 heterocycles. The highest BCUT2D eigenvalue weighted by molar-refractivity contribution is 6.66. The molecule has 2 fully saturated rings.